The highest BCUT2D eigenvalue weighted by molar-refractivity contribution is 5.99. The van der Waals surface area contributed by atoms with Gasteiger partial charge in [-0.25, -0.2) is 0 Å². The third-order valence-corrected chi connectivity index (χ3v) is 4.88. The van der Waals surface area contributed by atoms with Crippen LogP contribution in [0.3, 0.4) is 0 Å². The van der Waals surface area contributed by atoms with Crippen LogP contribution in [0.1, 0.15) is 6.92 Å². The Labute approximate surface area is 202 Å². The fourth-order valence-electron chi connectivity index (χ4n) is 3.35. The van der Waals surface area contributed by atoms with Crippen LogP contribution >= 0.6 is 0 Å². The van der Waals surface area contributed by atoms with E-state index in [0.717, 1.165) is 16.8 Å². The summed E-state index contributed by atoms with van der Waals surface area (Å²) in [4.78, 5) is 28.4. The predicted molar refractivity (Wildman–Crippen MR) is 137 cm³/mol. The van der Waals surface area contributed by atoms with Gasteiger partial charge in [-0.1, -0.05) is 18.7 Å². The Morgan fingerprint density at radius 3 is 2.83 bits per heavy atom. The Bertz CT molecular complexity index is 1410. The molecular formula is C25H24N8O2. The third-order valence-electron chi connectivity index (χ3n) is 4.88. The predicted octanol–water partition coefficient (Wildman–Crippen LogP) is 4.76. The van der Waals surface area contributed by atoms with Crippen molar-refractivity contribution in [2.24, 2.45) is 5.10 Å². The SMILES string of the molecule is C=CC(=O)Nc1cccc(Oc2nc(N/C(C)=C/N(C)N=C)nc3[nH]cc(-c4cccnc4)c23)c1. The van der Waals surface area contributed by atoms with E-state index >= 15 is 0 Å². The number of allylic oxidation sites excluding steroid dienone is 1. The quantitative estimate of drug-likeness (QED) is 0.184. The number of hydrazone groups is 1. The number of rotatable bonds is 9. The van der Waals surface area contributed by atoms with Gasteiger partial charge in [0.1, 0.15) is 11.4 Å². The van der Waals surface area contributed by atoms with Crippen LogP contribution in [0.25, 0.3) is 22.2 Å². The largest absolute Gasteiger partial charge is 0.438 e. The van der Waals surface area contributed by atoms with E-state index in [0.29, 0.717) is 34.3 Å². The Morgan fingerprint density at radius 1 is 1.23 bits per heavy atom. The molecule has 0 bridgehead atoms. The summed E-state index contributed by atoms with van der Waals surface area (Å²) in [5.74, 6) is 0.824. The van der Waals surface area contributed by atoms with Crippen LogP contribution in [-0.4, -0.2) is 44.6 Å². The molecule has 10 nitrogen and oxygen atoms in total. The fourth-order valence-corrected chi connectivity index (χ4v) is 3.35. The van der Waals surface area contributed by atoms with Gasteiger partial charge in [0.05, 0.1) is 5.39 Å². The molecule has 3 heterocycles. The lowest BCUT2D eigenvalue weighted by Gasteiger charge is -2.13. The van der Waals surface area contributed by atoms with Gasteiger partial charge in [0, 0.05) is 67.1 Å². The van der Waals surface area contributed by atoms with E-state index in [2.05, 4.69) is 49.0 Å². The number of pyridine rings is 1. The number of nitrogens with one attached hydrogen (secondary N) is 3. The first-order valence-electron chi connectivity index (χ1n) is 10.6. The van der Waals surface area contributed by atoms with Gasteiger partial charge in [-0.2, -0.15) is 15.1 Å². The number of hydrogen-bond donors (Lipinski definition) is 3. The molecule has 35 heavy (non-hydrogen) atoms. The minimum atomic E-state index is -0.316. The van der Waals surface area contributed by atoms with Gasteiger partial charge in [0.25, 0.3) is 0 Å². The number of aromatic amines is 1. The summed E-state index contributed by atoms with van der Waals surface area (Å²) in [5.41, 5.74) is 3.62. The first-order chi connectivity index (χ1) is 17.0. The number of carbonyl (C=O) groups is 1. The van der Waals surface area contributed by atoms with Crippen LogP contribution in [0.4, 0.5) is 11.6 Å². The van der Waals surface area contributed by atoms with Gasteiger partial charge in [-0.15, -0.1) is 0 Å². The molecule has 0 aliphatic carbocycles. The van der Waals surface area contributed by atoms with Crippen molar-refractivity contribution in [1.82, 2.24) is 24.9 Å². The highest BCUT2D eigenvalue weighted by Crippen LogP contribution is 2.36. The maximum Gasteiger partial charge on any atom is 0.247 e. The van der Waals surface area contributed by atoms with E-state index in [9.17, 15) is 4.79 Å². The van der Waals surface area contributed by atoms with Crippen molar-refractivity contribution in [3.05, 3.63) is 79.5 Å². The van der Waals surface area contributed by atoms with Crippen LogP contribution < -0.4 is 15.4 Å². The van der Waals surface area contributed by atoms with E-state index in [1.807, 2.05) is 25.3 Å². The second kappa shape index (κ2) is 10.3. The standard InChI is InChI=1S/C25H24N8O2/c1-5-21(34)30-18-9-6-10-19(12-18)35-24-22-20(17-8-7-11-27-13-17)14-28-23(22)31-25(32-24)29-16(2)15-33(4)26-3/h5-15H,1,3H2,2,4H3,(H,30,34)(H2,28,29,31,32)/b16-15+. The van der Waals surface area contributed by atoms with Crippen molar-refractivity contribution in [2.75, 3.05) is 17.7 Å². The Hall–Kier alpha value is -4.99. The van der Waals surface area contributed by atoms with Gasteiger partial charge >= 0.3 is 0 Å². The van der Waals surface area contributed by atoms with Gasteiger partial charge in [0.15, 0.2) is 0 Å². The summed E-state index contributed by atoms with van der Waals surface area (Å²) in [6.45, 7) is 8.83. The van der Waals surface area contributed by atoms with Gasteiger partial charge in [0.2, 0.25) is 17.7 Å². The first-order valence-corrected chi connectivity index (χ1v) is 10.6. The molecule has 176 valence electrons. The molecule has 0 radical (unpaired) electrons. The minimum Gasteiger partial charge on any atom is -0.438 e. The van der Waals surface area contributed by atoms with Crippen molar-refractivity contribution in [3.8, 4) is 22.8 Å². The molecule has 0 aliphatic heterocycles. The van der Waals surface area contributed by atoms with Crippen LogP contribution in [0, 0.1) is 0 Å². The Balaban J connectivity index is 1.78. The molecule has 4 rings (SSSR count). The first kappa shape index (κ1) is 23.2. The zero-order valence-corrected chi connectivity index (χ0v) is 19.3. The van der Waals surface area contributed by atoms with Crippen molar-refractivity contribution in [1.29, 1.82) is 0 Å². The average molecular weight is 469 g/mol. The maximum atomic E-state index is 11.7. The number of carbonyl (C=O) groups excluding carboxylic acids is 1. The lowest BCUT2D eigenvalue weighted by molar-refractivity contribution is -0.111. The molecular weight excluding hydrogens is 444 g/mol. The molecule has 0 atom stereocenters. The average Bonchev–Trinajstić information content (AvgIpc) is 3.29. The summed E-state index contributed by atoms with van der Waals surface area (Å²) in [6.07, 6.45) is 8.26. The lowest BCUT2D eigenvalue weighted by atomic mass is 10.1. The molecule has 3 aromatic heterocycles. The second-order valence-electron chi connectivity index (χ2n) is 7.50. The molecule has 0 saturated heterocycles. The number of amides is 1. The highest BCUT2D eigenvalue weighted by atomic mass is 16.5. The fraction of sp³-hybridized carbons (Fsp3) is 0.0800. The molecule has 1 aromatic carbocycles. The smallest absolute Gasteiger partial charge is 0.247 e. The highest BCUT2D eigenvalue weighted by Gasteiger charge is 2.18. The summed E-state index contributed by atoms with van der Waals surface area (Å²) in [5, 5.41) is 11.9. The van der Waals surface area contributed by atoms with Crippen LogP contribution in [0.15, 0.2) is 84.6 Å². The van der Waals surface area contributed by atoms with E-state index < -0.39 is 0 Å². The van der Waals surface area contributed by atoms with Gasteiger partial charge in [-0.3, -0.25) is 14.8 Å². The van der Waals surface area contributed by atoms with Crippen molar-refractivity contribution in [2.45, 2.75) is 6.92 Å². The van der Waals surface area contributed by atoms with E-state index in [4.69, 9.17) is 4.74 Å². The van der Waals surface area contributed by atoms with Crippen LogP contribution in [0.2, 0.25) is 0 Å². The summed E-state index contributed by atoms with van der Waals surface area (Å²) in [6, 6.07) is 10.8. The van der Waals surface area contributed by atoms with Crippen molar-refractivity contribution < 1.29 is 9.53 Å². The molecule has 10 heteroatoms. The maximum absolute atomic E-state index is 11.7. The number of hydrogen-bond acceptors (Lipinski definition) is 8. The number of anilines is 2. The third kappa shape index (κ3) is 5.50. The minimum absolute atomic E-state index is 0.316. The summed E-state index contributed by atoms with van der Waals surface area (Å²) < 4.78 is 6.23. The molecule has 3 N–H and O–H groups in total. The zero-order chi connectivity index (χ0) is 24.8. The van der Waals surface area contributed by atoms with Crippen molar-refractivity contribution >= 4 is 35.3 Å². The number of aromatic nitrogens is 4. The molecule has 0 spiro atoms. The Morgan fingerprint density at radius 2 is 2.09 bits per heavy atom. The van der Waals surface area contributed by atoms with E-state index in [1.54, 1.807) is 54.9 Å². The number of fused-ring (bicyclic) bond motifs is 1. The number of ether oxygens (including phenoxy) is 1. The number of nitrogens with zero attached hydrogens (tertiary/aromatic N) is 5. The van der Waals surface area contributed by atoms with Crippen LogP contribution in [-0.2, 0) is 4.79 Å². The molecule has 1 amide bonds. The molecule has 4 aromatic rings. The molecule has 0 saturated carbocycles. The topological polar surface area (TPSA) is 120 Å². The summed E-state index contributed by atoms with van der Waals surface area (Å²) in [7, 11) is 1.76. The molecule has 0 fully saturated rings. The number of benzene rings is 1. The Kier molecular flexibility index (Phi) is 6.82. The summed E-state index contributed by atoms with van der Waals surface area (Å²) >= 11 is 0. The van der Waals surface area contributed by atoms with E-state index in [-0.39, 0.29) is 5.91 Å². The van der Waals surface area contributed by atoms with Gasteiger partial charge in [-0.05, 0) is 31.2 Å². The number of H-pyrrole nitrogens is 1. The monoisotopic (exact) mass is 468 g/mol. The molecule has 0 aliphatic rings. The zero-order valence-electron chi connectivity index (χ0n) is 19.3. The lowest BCUT2D eigenvalue weighted by Crippen LogP contribution is -2.08. The van der Waals surface area contributed by atoms with Gasteiger partial charge < -0.3 is 20.4 Å². The normalized spacial score (nSPS) is 11.1. The van der Waals surface area contributed by atoms with Crippen molar-refractivity contribution in [3.63, 3.8) is 0 Å². The van der Waals surface area contributed by atoms with Crippen LogP contribution in [0.5, 0.6) is 11.6 Å². The van der Waals surface area contributed by atoms with E-state index in [1.165, 1.54) is 6.08 Å². The molecule has 0 unspecified atom stereocenters. The second-order valence-corrected chi connectivity index (χ2v) is 7.50.